The van der Waals surface area contributed by atoms with Crippen molar-refractivity contribution in [2.45, 2.75) is 0 Å². The number of aromatic nitrogens is 1. The van der Waals surface area contributed by atoms with Crippen molar-refractivity contribution in [3.8, 4) is 22.5 Å². The lowest BCUT2D eigenvalue weighted by Gasteiger charge is -1.93. The molecule has 72 valence electrons. The Balaban J connectivity index is 2.18. The predicted molar refractivity (Wildman–Crippen MR) is 58.6 cm³/mol. The molecule has 0 saturated carbocycles. The number of hydrogen-bond acceptors (Lipinski definition) is 2. The van der Waals surface area contributed by atoms with E-state index in [1.165, 1.54) is 5.56 Å². The van der Waals surface area contributed by atoms with Crippen LogP contribution in [0.1, 0.15) is 0 Å². The summed E-state index contributed by atoms with van der Waals surface area (Å²) >= 11 is 0. The number of pyridine rings is 1. The number of hydrogen-bond donors (Lipinski definition) is 0. The number of rotatable bonds is 1. The van der Waals surface area contributed by atoms with Crippen LogP contribution in [0, 0.1) is 0 Å². The Hall–Kier alpha value is -2.09. The highest BCUT2D eigenvalue weighted by atomic mass is 16.3. The van der Waals surface area contributed by atoms with Crippen molar-refractivity contribution in [1.29, 1.82) is 0 Å². The van der Waals surface area contributed by atoms with Gasteiger partial charge in [0.05, 0.1) is 6.26 Å². The first-order valence-corrected chi connectivity index (χ1v) is 4.81. The monoisotopic (exact) mass is 195 g/mol. The first-order valence-electron chi connectivity index (χ1n) is 4.81. The molecule has 0 amide bonds. The van der Waals surface area contributed by atoms with Crippen LogP contribution < -0.4 is 0 Å². The van der Waals surface area contributed by atoms with Gasteiger partial charge in [0.25, 0.3) is 0 Å². The first-order chi connectivity index (χ1) is 7.43. The van der Waals surface area contributed by atoms with Gasteiger partial charge in [-0.05, 0) is 47.5 Å². The summed E-state index contributed by atoms with van der Waals surface area (Å²) in [7, 11) is 0. The van der Waals surface area contributed by atoms with E-state index in [-0.39, 0.29) is 0 Å². The van der Waals surface area contributed by atoms with Crippen LogP contribution in [0.25, 0.3) is 22.5 Å². The van der Waals surface area contributed by atoms with E-state index in [0.717, 1.165) is 16.9 Å². The van der Waals surface area contributed by atoms with Gasteiger partial charge in [0, 0.05) is 18.0 Å². The molecule has 2 heteroatoms. The molecule has 1 aliphatic heterocycles. The molecule has 2 nitrogen and oxygen atoms in total. The van der Waals surface area contributed by atoms with E-state index in [9.17, 15) is 0 Å². The molecule has 0 N–H and O–H groups in total. The summed E-state index contributed by atoms with van der Waals surface area (Å²) in [5.41, 5.74) is 3.46. The fraction of sp³-hybridized carbons (Fsp3) is 0. The molecule has 0 unspecified atom stereocenters. The van der Waals surface area contributed by atoms with Crippen molar-refractivity contribution < 1.29 is 4.42 Å². The minimum atomic E-state index is 0.921. The van der Waals surface area contributed by atoms with E-state index < -0.39 is 0 Å². The quantitative estimate of drug-likeness (QED) is 0.594. The van der Waals surface area contributed by atoms with Crippen molar-refractivity contribution in [1.82, 2.24) is 4.98 Å². The topological polar surface area (TPSA) is 26.0 Å². The van der Waals surface area contributed by atoms with Crippen LogP contribution in [0.15, 0.2) is 59.5 Å². The Morgan fingerprint density at radius 2 is 1.73 bits per heavy atom. The molecule has 1 aliphatic carbocycles. The van der Waals surface area contributed by atoms with Gasteiger partial charge in [-0.25, -0.2) is 0 Å². The van der Waals surface area contributed by atoms with Gasteiger partial charge in [-0.15, -0.1) is 0 Å². The fourth-order valence-electron chi connectivity index (χ4n) is 1.70. The highest BCUT2D eigenvalue weighted by Crippen LogP contribution is 2.31. The molecule has 1 aromatic rings. The summed E-state index contributed by atoms with van der Waals surface area (Å²) in [6.07, 6.45) is 5.28. The second-order valence-electron chi connectivity index (χ2n) is 3.41. The predicted octanol–water partition coefficient (Wildman–Crippen LogP) is 3.45. The van der Waals surface area contributed by atoms with Gasteiger partial charge in [-0.3, -0.25) is 4.98 Å². The Kier molecular flexibility index (Phi) is 1.78. The lowest BCUT2D eigenvalue weighted by atomic mass is 10.1. The second kappa shape index (κ2) is 3.24. The van der Waals surface area contributed by atoms with Gasteiger partial charge in [0.2, 0.25) is 0 Å². The summed E-state index contributed by atoms with van der Waals surface area (Å²) in [6, 6.07) is 12.1. The average molecular weight is 195 g/mol. The Morgan fingerprint density at radius 1 is 0.867 bits per heavy atom. The summed E-state index contributed by atoms with van der Waals surface area (Å²) in [4.78, 5) is 4.00. The SMILES string of the molecule is c1coc2cc(-c3ccncc3)cc-2c1. The van der Waals surface area contributed by atoms with Gasteiger partial charge in [-0.1, -0.05) is 0 Å². The van der Waals surface area contributed by atoms with Gasteiger partial charge in [0.15, 0.2) is 0 Å². The molecule has 0 aromatic carbocycles. The van der Waals surface area contributed by atoms with Crippen molar-refractivity contribution >= 4 is 0 Å². The molecule has 0 fully saturated rings. The highest BCUT2D eigenvalue weighted by molar-refractivity contribution is 5.76. The van der Waals surface area contributed by atoms with Gasteiger partial charge >= 0.3 is 0 Å². The molecule has 0 bridgehead atoms. The number of fused-ring (bicyclic) bond motifs is 1. The first kappa shape index (κ1) is 8.24. The largest absolute Gasteiger partial charge is 0.464 e. The molecule has 1 aromatic heterocycles. The summed E-state index contributed by atoms with van der Waals surface area (Å²) in [5, 5.41) is 0. The summed E-state index contributed by atoms with van der Waals surface area (Å²) < 4.78 is 5.40. The lowest BCUT2D eigenvalue weighted by Crippen LogP contribution is -1.72. The maximum atomic E-state index is 5.40. The van der Waals surface area contributed by atoms with Crippen molar-refractivity contribution in [2.75, 3.05) is 0 Å². The van der Waals surface area contributed by atoms with Gasteiger partial charge in [0.1, 0.15) is 5.76 Å². The van der Waals surface area contributed by atoms with E-state index in [2.05, 4.69) is 11.1 Å². The van der Waals surface area contributed by atoms with Crippen LogP contribution in [0.3, 0.4) is 0 Å². The zero-order valence-corrected chi connectivity index (χ0v) is 8.05. The third-order valence-corrected chi connectivity index (χ3v) is 2.45. The summed E-state index contributed by atoms with van der Waals surface area (Å²) in [6.45, 7) is 0. The Labute approximate surface area is 87.5 Å². The molecule has 0 spiro atoms. The molecule has 0 atom stereocenters. The zero-order valence-electron chi connectivity index (χ0n) is 8.05. The number of nitrogens with zero attached hydrogens (tertiary/aromatic N) is 1. The average Bonchev–Trinajstić information content (AvgIpc) is 2.74. The minimum absolute atomic E-state index is 0.921. The van der Waals surface area contributed by atoms with Crippen LogP contribution in [0.4, 0.5) is 0 Å². The van der Waals surface area contributed by atoms with E-state index in [0.29, 0.717) is 0 Å². The smallest absolute Gasteiger partial charge is 0.134 e. The van der Waals surface area contributed by atoms with E-state index in [4.69, 9.17) is 4.42 Å². The van der Waals surface area contributed by atoms with E-state index in [1.54, 1.807) is 18.7 Å². The maximum Gasteiger partial charge on any atom is 0.134 e. The maximum absolute atomic E-state index is 5.40. The molecule has 15 heavy (non-hydrogen) atoms. The van der Waals surface area contributed by atoms with E-state index in [1.807, 2.05) is 30.3 Å². The van der Waals surface area contributed by atoms with Crippen molar-refractivity contribution in [3.63, 3.8) is 0 Å². The Bertz CT molecular complexity index is 512. The molecular weight excluding hydrogens is 186 g/mol. The van der Waals surface area contributed by atoms with Crippen molar-refractivity contribution in [2.24, 2.45) is 0 Å². The third-order valence-electron chi connectivity index (χ3n) is 2.45. The standard InChI is InChI=1S/C13H9NO/c1-2-11-8-12(9-13(11)15-7-1)10-3-5-14-6-4-10/h1-9H. The van der Waals surface area contributed by atoms with Crippen LogP contribution in [-0.4, -0.2) is 4.98 Å². The third kappa shape index (κ3) is 1.40. The molecule has 2 aliphatic rings. The van der Waals surface area contributed by atoms with Crippen LogP contribution in [0.5, 0.6) is 0 Å². The Morgan fingerprint density at radius 3 is 2.53 bits per heavy atom. The molecule has 3 rings (SSSR count). The molecule has 0 radical (unpaired) electrons. The summed E-state index contributed by atoms with van der Waals surface area (Å²) in [5.74, 6) is 0.921. The van der Waals surface area contributed by atoms with Crippen LogP contribution in [-0.2, 0) is 0 Å². The van der Waals surface area contributed by atoms with Gasteiger partial charge in [-0.2, -0.15) is 0 Å². The fourth-order valence-corrected chi connectivity index (χ4v) is 1.70. The normalized spacial score (nSPS) is 10.7. The van der Waals surface area contributed by atoms with Crippen LogP contribution >= 0.6 is 0 Å². The lowest BCUT2D eigenvalue weighted by molar-refractivity contribution is 0.567. The van der Waals surface area contributed by atoms with E-state index >= 15 is 0 Å². The zero-order chi connectivity index (χ0) is 10.1. The minimum Gasteiger partial charge on any atom is -0.464 e. The van der Waals surface area contributed by atoms with Crippen molar-refractivity contribution in [3.05, 3.63) is 55.1 Å². The molecule has 2 heterocycles. The molecular formula is C13H9NO. The van der Waals surface area contributed by atoms with Gasteiger partial charge < -0.3 is 4.42 Å². The highest BCUT2D eigenvalue weighted by Gasteiger charge is 2.08. The second-order valence-corrected chi connectivity index (χ2v) is 3.41. The molecule has 0 saturated heterocycles. The van der Waals surface area contributed by atoms with Crippen LogP contribution in [0.2, 0.25) is 0 Å².